The summed E-state index contributed by atoms with van der Waals surface area (Å²) >= 11 is 2.99. The van der Waals surface area contributed by atoms with Crippen LogP contribution in [0.4, 0.5) is 0 Å². The van der Waals surface area contributed by atoms with E-state index in [1.54, 1.807) is 0 Å². The number of hydrogen-bond acceptors (Lipinski definition) is 12. The smallest absolute Gasteiger partial charge is 0.372 e. The molecule has 0 amide bonds. The molecule has 0 aliphatic heterocycles. The molecule has 0 bridgehead atoms. The Kier molecular flexibility index (Phi) is 36.0. The Hall–Kier alpha value is -0.230. The van der Waals surface area contributed by atoms with Crippen LogP contribution in [-0.2, 0) is 28.0 Å². The molecule has 13 heteroatoms. The quantitative estimate of drug-likeness (QED) is 0.0317. The standard InChI is InChI=1S/C36H69O9PS3/c1-4-7-10-13-16-19-22-25-28-47-34(40)31(37)43-46(44-32(38)35(41)48-29-26-23-20-17-14-11-8-5-2)45-33(39)36(42)49-30-27-24-21-18-15-12-9-6-3/h34-36,40-42H,4-30H2,1-3H3. The first-order chi connectivity index (χ1) is 23.8. The van der Waals surface area contributed by atoms with E-state index in [9.17, 15) is 29.7 Å². The monoisotopic (exact) mass is 772 g/mol. The molecule has 3 N–H and O–H groups in total. The summed E-state index contributed by atoms with van der Waals surface area (Å²) in [7, 11) is -2.94. The molecule has 0 saturated heterocycles. The zero-order valence-electron chi connectivity index (χ0n) is 30.8. The normalized spacial score (nSPS) is 13.8. The van der Waals surface area contributed by atoms with Gasteiger partial charge in [-0.05, 0) is 36.5 Å². The molecule has 0 radical (unpaired) electrons. The van der Waals surface area contributed by atoms with Crippen molar-refractivity contribution in [3.05, 3.63) is 0 Å². The van der Waals surface area contributed by atoms with Crippen LogP contribution < -0.4 is 0 Å². The third-order valence-corrected chi connectivity index (χ3v) is 12.0. The first-order valence-electron chi connectivity index (χ1n) is 19.1. The van der Waals surface area contributed by atoms with Gasteiger partial charge in [-0.15, -0.1) is 35.3 Å². The first-order valence-corrected chi connectivity index (χ1v) is 23.3. The predicted molar refractivity (Wildman–Crippen MR) is 208 cm³/mol. The Morgan fingerprint density at radius 3 is 0.837 bits per heavy atom. The number of aliphatic hydroxyl groups is 3. The third kappa shape index (κ3) is 31.1. The molecule has 0 rings (SSSR count). The summed E-state index contributed by atoms with van der Waals surface area (Å²) in [6.45, 7) is 6.57. The van der Waals surface area contributed by atoms with Gasteiger partial charge in [-0.25, -0.2) is 14.4 Å². The summed E-state index contributed by atoms with van der Waals surface area (Å²) in [5, 5.41) is 31.1. The minimum atomic E-state index is -2.94. The highest BCUT2D eigenvalue weighted by atomic mass is 32.2. The summed E-state index contributed by atoms with van der Waals surface area (Å²) < 4.78 is 15.3. The van der Waals surface area contributed by atoms with Gasteiger partial charge >= 0.3 is 26.5 Å². The lowest BCUT2D eigenvalue weighted by Crippen LogP contribution is -2.25. The summed E-state index contributed by atoms with van der Waals surface area (Å²) in [6.07, 6.45) is 27.1. The second kappa shape index (κ2) is 36.1. The molecule has 0 fully saturated rings. The predicted octanol–water partition coefficient (Wildman–Crippen LogP) is 10.4. The molecule has 0 aromatic rings. The van der Waals surface area contributed by atoms with Gasteiger partial charge < -0.3 is 28.9 Å². The summed E-state index contributed by atoms with van der Waals surface area (Å²) in [4.78, 5) is 37.9. The van der Waals surface area contributed by atoms with Crippen molar-refractivity contribution in [3.63, 3.8) is 0 Å². The van der Waals surface area contributed by atoms with Crippen molar-refractivity contribution in [2.45, 2.75) is 191 Å². The molecule has 0 spiro atoms. The number of unbranched alkanes of at least 4 members (excludes halogenated alkanes) is 21. The van der Waals surface area contributed by atoms with E-state index in [1.807, 2.05) is 0 Å². The zero-order valence-corrected chi connectivity index (χ0v) is 34.1. The number of carbonyl (C=O) groups excluding carboxylic acids is 3. The van der Waals surface area contributed by atoms with Gasteiger partial charge in [0.1, 0.15) is 0 Å². The fraction of sp³-hybridized carbons (Fsp3) is 0.917. The van der Waals surface area contributed by atoms with Crippen LogP contribution in [-0.4, -0.2) is 66.8 Å². The van der Waals surface area contributed by atoms with Crippen LogP contribution in [0, 0.1) is 0 Å². The van der Waals surface area contributed by atoms with Gasteiger partial charge in [-0.3, -0.25) is 0 Å². The van der Waals surface area contributed by atoms with E-state index in [1.165, 1.54) is 96.3 Å². The molecule has 0 aliphatic carbocycles. The van der Waals surface area contributed by atoms with Crippen molar-refractivity contribution < 1.29 is 43.3 Å². The van der Waals surface area contributed by atoms with E-state index >= 15 is 0 Å². The van der Waals surface area contributed by atoms with E-state index < -0.39 is 42.8 Å². The van der Waals surface area contributed by atoms with E-state index in [0.29, 0.717) is 17.3 Å². The SMILES string of the molecule is CCCCCCCCCCSC(O)C(=O)OP(OC(=O)C(O)SCCCCCCCCCC)OC(=O)C(O)SCCCCCCCCCC. The number of carbonyl (C=O) groups is 3. The average molecular weight is 773 g/mol. The number of rotatable bonds is 36. The fourth-order valence-corrected chi connectivity index (χ4v) is 8.31. The molecule has 0 saturated carbocycles. The van der Waals surface area contributed by atoms with Crippen LogP contribution in [0.3, 0.4) is 0 Å². The topological polar surface area (TPSA) is 140 Å². The lowest BCUT2D eigenvalue weighted by molar-refractivity contribution is -0.148. The van der Waals surface area contributed by atoms with Gasteiger partial charge in [0.05, 0.1) is 0 Å². The minimum absolute atomic E-state index is 0.533. The Balaban J connectivity index is 4.78. The largest absolute Gasteiger partial charge is 0.537 e. The molecule has 290 valence electrons. The molecule has 49 heavy (non-hydrogen) atoms. The highest BCUT2D eigenvalue weighted by molar-refractivity contribution is 8.00. The van der Waals surface area contributed by atoms with Crippen molar-refractivity contribution in [2.24, 2.45) is 0 Å². The molecule has 0 aliphatic rings. The van der Waals surface area contributed by atoms with Gasteiger partial charge in [0, 0.05) is 0 Å². The molecular weight excluding hydrogens is 704 g/mol. The molecule has 0 aromatic heterocycles. The molecule has 0 aromatic carbocycles. The Labute approximate surface area is 312 Å². The van der Waals surface area contributed by atoms with Gasteiger partial charge in [0.2, 0.25) is 0 Å². The van der Waals surface area contributed by atoms with Gasteiger partial charge in [-0.1, -0.05) is 156 Å². The van der Waals surface area contributed by atoms with Crippen molar-refractivity contribution in [3.8, 4) is 0 Å². The second-order valence-corrected chi connectivity index (χ2v) is 17.1. The summed E-state index contributed by atoms with van der Waals surface area (Å²) in [5.41, 5.74) is -4.68. The molecule has 3 atom stereocenters. The second-order valence-electron chi connectivity index (χ2n) is 12.5. The van der Waals surface area contributed by atoms with E-state index in [-0.39, 0.29) is 0 Å². The highest BCUT2D eigenvalue weighted by Gasteiger charge is 2.35. The number of hydrogen-bond donors (Lipinski definition) is 3. The van der Waals surface area contributed by atoms with Crippen LogP contribution >= 0.6 is 43.9 Å². The van der Waals surface area contributed by atoms with Crippen LogP contribution in [0.2, 0.25) is 0 Å². The Morgan fingerprint density at radius 2 is 0.612 bits per heavy atom. The summed E-state index contributed by atoms with van der Waals surface area (Å²) in [5.74, 6) is -1.74. The minimum Gasteiger partial charge on any atom is -0.372 e. The maximum Gasteiger partial charge on any atom is 0.537 e. The van der Waals surface area contributed by atoms with Crippen molar-refractivity contribution in [2.75, 3.05) is 17.3 Å². The van der Waals surface area contributed by atoms with Gasteiger partial charge in [-0.2, -0.15) is 0 Å². The number of thioether (sulfide) groups is 3. The van der Waals surface area contributed by atoms with Crippen LogP contribution in [0.15, 0.2) is 0 Å². The first kappa shape index (κ1) is 48.8. The van der Waals surface area contributed by atoms with Crippen LogP contribution in [0.1, 0.15) is 175 Å². The molecule has 3 unspecified atom stereocenters. The maximum atomic E-state index is 12.6. The van der Waals surface area contributed by atoms with Gasteiger partial charge in [0.25, 0.3) is 0 Å². The van der Waals surface area contributed by atoms with Crippen molar-refractivity contribution in [1.82, 2.24) is 0 Å². The van der Waals surface area contributed by atoms with Crippen molar-refractivity contribution >= 4 is 61.8 Å². The highest BCUT2D eigenvalue weighted by Crippen LogP contribution is 2.43. The lowest BCUT2D eigenvalue weighted by Gasteiger charge is -2.19. The Bertz CT molecular complexity index is 697. The molecule has 0 heterocycles. The fourth-order valence-electron chi connectivity index (χ4n) is 4.91. The van der Waals surface area contributed by atoms with E-state index in [2.05, 4.69) is 20.8 Å². The third-order valence-electron chi connectivity index (χ3n) is 7.92. The zero-order chi connectivity index (χ0) is 36.4. The van der Waals surface area contributed by atoms with E-state index in [4.69, 9.17) is 13.6 Å². The average Bonchev–Trinajstić information content (AvgIpc) is 3.08. The summed E-state index contributed by atoms with van der Waals surface area (Å²) in [6, 6.07) is 0. The molecule has 9 nitrogen and oxygen atoms in total. The van der Waals surface area contributed by atoms with E-state index in [0.717, 1.165) is 93.1 Å². The van der Waals surface area contributed by atoms with Gasteiger partial charge in [0.15, 0.2) is 16.3 Å². The lowest BCUT2D eigenvalue weighted by atomic mass is 10.1. The molecular formula is C36H69O9PS3. The maximum absolute atomic E-state index is 12.6. The number of aliphatic hydroxyl groups excluding tert-OH is 3. The van der Waals surface area contributed by atoms with Crippen LogP contribution in [0.25, 0.3) is 0 Å². The van der Waals surface area contributed by atoms with Crippen LogP contribution in [0.5, 0.6) is 0 Å². The van der Waals surface area contributed by atoms with Crippen molar-refractivity contribution in [1.29, 1.82) is 0 Å². The Morgan fingerprint density at radius 1 is 0.408 bits per heavy atom.